The molecule has 0 unspecified atom stereocenters. The molecule has 3 aromatic rings. The number of hydrogen-bond donors (Lipinski definition) is 0. The average Bonchev–Trinajstić information content (AvgIpc) is 2.71. The van der Waals surface area contributed by atoms with Gasteiger partial charge in [0, 0.05) is 12.1 Å². The summed E-state index contributed by atoms with van der Waals surface area (Å²) in [5.74, 6) is 0.391. The molecule has 0 aromatic heterocycles. The summed E-state index contributed by atoms with van der Waals surface area (Å²) in [6.45, 7) is 0.400. The van der Waals surface area contributed by atoms with Crippen LogP contribution in [0.4, 0.5) is 10.1 Å². The van der Waals surface area contributed by atoms with Gasteiger partial charge in [-0.1, -0.05) is 29.4 Å². The minimum Gasteiger partial charge on any atom is -0.488 e. The lowest BCUT2D eigenvalue weighted by atomic mass is 10.2. The number of benzene rings is 3. The lowest BCUT2D eigenvalue weighted by Gasteiger charge is -2.09. The van der Waals surface area contributed by atoms with Gasteiger partial charge in [-0.05, 0) is 69.6 Å². The number of rotatable bonds is 8. The molecule has 0 atom stereocenters. The van der Waals surface area contributed by atoms with E-state index in [1.807, 2.05) is 18.2 Å². The number of non-ortho nitro benzene ring substituents is 1. The maximum Gasteiger partial charge on any atom is 0.269 e. The normalized spacial score (nSPS) is 10.8. The van der Waals surface area contributed by atoms with Gasteiger partial charge in [0.05, 0.1) is 14.7 Å². The molecular formula is C21H16FIN2O4. The Hall–Kier alpha value is -3.01. The van der Waals surface area contributed by atoms with Gasteiger partial charge in [0.2, 0.25) is 0 Å². The standard InChI is InChI=1S/C21H16FIN2O4/c22-18-5-1-3-16(9-18)13-28-21-8-7-15(11-20(21)23)12-24-29-14-17-4-2-6-19(10-17)25(26)27/h1-12H,13-14H2/b24-12-. The Balaban J connectivity index is 1.54. The van der Waals surface area contributed by atoms with Crippen molar-refractivity contribution in [1.82, 2.24) is 0 Å². The molecular weight excluding hydrogens is 490 g/mol. The molecule has 0 aliphatic carbocycles. The first-order valence-corrected chi connectivity index (χ1v) is 9.64. The van der Waals surface area contributed by atoms with E-state index in [0.29, 0.717) is 11.3 Å². The molecule has 148 valence electrons. The number of nitrogens with zero attached hydrogens (tertiary/aromatic N) is 2. The maximum atomic E-state index is 13.2. The average molecular weight is 506 g/mol. The Kier molecular flexibility index (Phi) is 7.12. The molecule has 0 radical (unpaired) electrons. The second kappa shape index (κ2) is 9.97. The van der Waals surface area contributed by atoms with E-state index in [1.54, 1.807) is 30.5 Å². The molecule has 0 saturated heterocycles. The van der Waals surface area contributed by atoms with Crippen molar-refractivity contribution < 1.29 is 18.9 Å². The Morgan fingerprint density at radius 3 is 2.52 bits per heavy atom. The molecule has 0 bridgehead atoms. The van der Waals surface area contributed by atoms with E-state index in [-0.39, 0.29) is 24.7 Å². The number of hydrogen-bond acceptors (Lipinski definition) is 5. The summed E-state index contributed by atoms with van der Waals surface area (Å²) in [5.41, 5.74) is 2.23. The zero-order valence-corrected chi connectivity index (χ0v) is 17.3. The second-order valence-corrected chi connectivity index (χ2v) is 7.21. The van der Waals surface area contributed by atoms with E-state index in [0.717, 1.165) is 14.7 Å². The third-order valence-corrected chi connectivity index (χ3v) is 4.71. The summed E-state index contributed by atoms with van der Waals surface area (Å²) in [6.07, 6.45) is 1.55. The van der Waals surface area contributed by atoms with Gasteiger partial charge >= 0.3 is 0 Å². The predicted molar refractivity (Wildman–Crippen MR) is 115 cm³/mol. The molecule has 6 nitrogen and oxygen atoms in total. The molecule has 29 heavy (non-hydrogen) atoms. The van der Waals surface area contributed by atoms with Gasteiger partial charge in [0.1, 0.15) is 24.8 Å². The van der Waals surface area contributed by atoms with Gasteiger partial charge in [-0.15, -0.1) is 0 Å². The Bertz CT molecular complexity index is 1040. The predicted octanol–water partition coefficient (Wildman–Crippen LogP) is 5.47. The molecule has 3 rings (SSSR count). The van der Waals surface area contributed by atoms with Crippen molar-refractivity contribution in [3.8, 4) is 5.75 Å². The zero-order chi connectivity index (χ0) is 20.6. The van der Waals surface area contributed by atoms with Crippen LogP contribution in [0.2, 0.25) is 0 Å². The van der Waals surface area contributed by atoms with Gasteiger partial charge < -0.3 is 9.57 Å². The highest BCUT2D eigenvalue weighted by Crippen LogP contribution is 2.23. The molecule has 0 heterocycles. The lowest BCUT2D eigenvalue weighted by Crippen LogP contribution is -1.98. The van der Waals surface area contributed by atoms with E-state index < -0.39 is 4.92 Å². The van der Waals surface area contributed by atoms with Crippen molar-refractivity contribution in [1.29, 1.82) is 0 Å². The third kappa shape index (κ3) is 6.24. The van der Waals surface area contributed by atoms with Crippen LogP contribution in [0.25, 0.3) is 0 Å². The third-order valence-electron chi connectivity index (χ3n) is 3.87. The van der Waals surface area contributed by atoms with Crippen molar-refractivity contribution in [2.24, 2.45) is 5.16 Å². The Labute approximate surface area is 180 Å². The fourth-order valence-corrected chi connectivity index (χ4v) is 3.17. The van der Waals surface area contributed by atoms with Gasteiger partial charge in [-0.2, -0.15) is 0 Å². The SMILES string of the molecule is O=[N+]([O-])c1cccc(CO/N=C\c2ccc(OCc3cccc(F)c3)c(I)c2)c1. The quantitative estimate of drug-likeness (QED) is 0.176. The van der Waals surface area contributed by atoms with Gasteiger partial charge in [0.25, 0.3) is 5.69 Å². The highest BCUT2D eigenvalue weighted by molar-refractivity contribution is 14.1. The molecule has 0 aliphatic rings. The largest absolute Gasteiger partial charge is 0.488 e. The van der Waals surface area contributed by atoms with E-state index in [9.17, 15) is 14.5 Å². The van der Waals surface area contributed by atoms with Crippen LogP contribution >= 0.6 is 22.6 Å². The highest BCUT2D eigenvalue weighted by atomic mass is 127. The first-order valence-electron chi connectivity index (χ1n) is 8.57. The first-order chi connectivity index (χ1) is 14.0. The van der Waals surface area contributed by atoms with Crippen LogP contribution < -0.4 is 4.74 Å². The zero-order valence-electron chi connectivity index (χ0n) is 15.1. The Morgan fingerprint density at radius 2 is 1.79 bits per heavy atom. The van der Waals surface area contributed by atoms with Crippen LogP contribution in [0.5, 0.6) is 5.75 Å². The molecule has 0 saturated carbocycles. The first kappa shape index (κ1) is 20.7. The lowest BCUT2D eigenvalue weighted by molar-refractivity contribution is -0.384. The van der Waals surface area contributed by atoms with Crippen LogP contribution in [-0.4, -0.2) is 11.1 Å². The number of nitro groups is 1. The van der Waals surface area contributed by atoms with E-state index in [1.165, 1.54) is 24.3 Å². The summed E-state index contributed by atoms with van der Waals surface area (Å²) >= 11 is 2.15. The van der Waals surface area contributed by atoms with E-state index in [4.69, 9.17) is 9.57 Å². The minimum absolute atomic E-state index is 0.0125. The highest BCUT2D eigenvalue weighted by Gasteiger charge is 2.06. The van der Waals surface area contributed by atoms with Crippen molar-refractivity contribution in [2.45, 2.75) is 13.2 Å². The van der Waals surface area contributed by atoms with Gasteiger partial charge in [-0.3, -0.25) is 10.1 Å². The summed E-state index contributed by atoms with van der Waals surface area (Å²) in [5, 5.41) is 14.7. The summed E-state index contributed by atoms with van der Waals surface area (Å²) in [6, 6.07) is 18.0. The minimum atomic E-state index is -0.452. The van der Waals surface area contributed by atoms with E-state index in [2.05, 4.69) is 27.7 Å². The summed E-state index contributed by atoms with van der Waals surface area (Å²) in [4.78, 5) is 15.5. The van der Waals surface area contributed by atoms with Crippen LogP contribution in [-0.2, 0) is 18.1 Å². The molecule has 3 aromatic carbocycles. The molecule has 0 fully saturated rings. The molecule has 0 amide bonds. The number of ether oxygens (including phenoxy) is 1. The summed E-state index contributed by atoms with van der Waals surface area (Å²) < 4.78 is 19.8. The van der Waals surface area contributed by atoms with Gasteiger partial charge in [0.15, 0.2) is 0 Å². The van der Waals surface area contributed by atoms with Gasteiger partial charge in [-0.25, -0.2) is 4.39 Å². The monoisotopic (exact) mass is 506 g/mol. The molecule has 0 aliphatic heterocycles. The Morgan fingerprint density at radius 1 is 1.03 bits per heavy atom. The maximum absolute atomic E-state index is 13.2. The smallest absolute Gasteiger partial charge is 0.269 e. The van der Waals surface area contributed by atoms with Crippen LogP contribution in [0.1, 0.15) is 16.7 Å². The fourth-order valence-electron chi connectivity index (χ4n) is 2.47. The fraction of sp³-hybridized carbons (Fsp3) is 0.0952. The topological polar surface area (TPSA) is 74.0 Å². The number of nitro benzene ring substituents is 1. The van der Waals surface area contributed by atoms with Crippen LogP contribution in [0.15, 0.2) is 71.9 Å². The molecule has 8 heteroatoms. The molecule has 0 N–H and O–H groups in total. The number of oxime groups is 1. The van der Waals surface area contributed by atoms with Crippen molar-refractivity contribution >= 4 is 34.5 Å². The van der Waals surface area contributed by atoms with Crippen molar-refractivity contribution in [2.75, 3.05) is 0 Å². The van der Waals surface area contributed by atoms with E-state index >= 15 is 0 Å². The molecule has 0 spiro atoms. The van der Waals surface area contributed by atoms with Crippen LogP contribution in [0, 0.1) is 19.5 Å². The summed E-state index contributed by atoms with van der Waals surface area (Å²) in [7, 11) is 0. The van der Waals surface area contributed by atoms with Crippen LogP contribution in [0.3, 0.4) is 0 Å². The second-order valence-electron chi connectivity index (χ2n) is 6.04. The van der Waals surface area contributed by atoms with Crippen molar-refractivity contribution in [3.05, 3.63) is 103 Å². The number of halogens is 2. The van der Waals surface area contributed by atoms with Crippen molar-refractivity contribution in [3.63, 3.8) is 0 Å².